The summed E-state index contributed by atoms with van der Waals surface area (Å²) in [5.74, 6) is 0.401. The zero-order valence-corrected chi connectivity index (χ0v) is 16.7. The molecule has 2 amide bonds. The minimum absolute atomic E-state index is 0.0255. The molecule has 0 spiro atoms. The van der Waals surface area contributed by atoms with Crippen LogP contribution in [0.25, 0.3) is 11.0 Å². The normalized spacial score (nSPS) is 17.5. The first-order valence-corrected chi connectivity index (χ1v) is 9.58. The first kappa shape index (κ1) is 19.3. The van der Waals surface area contributed by atoms with Gasteiger partial charge < -0.3 is 10.2 Å². The molecule has 3 heterocycles. The summed E-state index contributed by atoms with van der Waals surface area (Å²) in [6.07, 6.45) is 3.18. The molecule has 2 aromatic heterocycles. The fourth-order valence-corrected chi connectivity index (χ4v) is 3.61. The zero-order chi connectivity index (χ0) is 19.6. The van der Waals surface area contributed by atoms with E-state index < -0.39 is 0 Å². The fraction of sp³-hybridized carbons (Fsp3) is 0.600. The van der Waals surface area contributed by atoms with Crippen LogP contribution in [0, 0.1) is 5.41 Å². The summed E-state index contributed by atoms with van der Waals surface area (Å²) in [5.41, 5.74) is 1.81. The quantitative estimate of drug-likeness (QED) is 0.875. The molecule has 146 valence electrons. The monoisotopic (exact) mass is 371 g/mol. The van der Waals surface area contributed by atoms with Crippen molar-refractivity contribution < 1.29 is 9.59 Å². The number of likely N-dealkylation sites (tertiary alicyclic amines) is 1. The van der Waals surface area contributed by atoms with Gasteiger partial charge in [-0.15, -0.1) is 0 Å². The molecule has 2 aromatic rings. The van der Waals surface area contributed by atoms with Crippen LogP contribution in [0.4, 0.5) is 0 Å². The van der Waals surface area contributed by atoms with Crippen LogP contribution in [0.1, 0.15) is 52.1 Å². The molecule has 0 bridgehead atoms. The van der Waals surface area contributed by atoms with Crippen molar-refractivity contribution in [3.05, 3.63) is 24.0 Å². The number of carbonyl (C=O) groups excluding carboxylic acids is 2. The van der Waals surface area contributed by atoms with Gasteiger partial charge in [-0.3, -0.25) is 9.59 Å². The third-order valence-corrected chi connectivity index (χ3v) is 4.89. The van der Waals surface area contributed by atoms with Crippen molar-refractivity contribution in [3.63, 3.8) is 0 Å². The van der Waals surface area contributed by atoms with Crippen molar-refractivity contribution >= 4 is 22.8 Å². The lowest BCUT2D eigenvalue weighted by atomic mass is 9.92. The molecule has 1 saturated heterocycles. The van der Waals surface area contributed by atoms with Crippen LogP contribution in [0.5, 0.6) is 0 Å². The first-order valence-electron chi connectivity index (χ1n) is 9.58. The number of hydrogen-bond donors (Lipinski definition) is 1. The fourth-order valence-electron chi connectivity index (χ4n) is 3.61. The molecule has 1 fully saturated rings. The molecular weight excluding hydrogens is 342 g/mol. The van der Waals surface area contributed by atoms with E-state index in [0.29, 0.717) is 26.1 Å². The Kier molecular flexibility index (Phi) is 5.48. The summed E-state index contributed by atoms with van der Waals surface area (Å²) >= 11 is 0. The average molecular weight is 371 g/mol. The van der Waals surface area contributed by atoms with Crippen LogP contribution >= 0.6 is 0 Å². The number of carbonyl (C=O) groups is 2. The summed E-state index contributed by atoms with van der Waals surface area (Å²) in [5, 5.41) is 8.81. The Labute approximate surface area is 160 Å². The zero-order valence-electron chi connectivity index (χ0n) is 16.7. The Hall–Kier alpha value is -2.44. The van der Waals surface area contributed by atoms with E-state index in [1.165, 1.54) is 0 Å². The molecular formula is C20H29N5O2. The number of hydrogen-bond acceptors (Lipinski definition) is 4. The van der Waals surface area contributed by atoms with E-state index in [1.54, 1.807) is 13.1 Å². The van der Waals surface area contributed by atoms with Gasteiger partial charge in [0.15, 0.2) is 5.65 Å². The molecule has 7 heteroatoms. The maximum Gasteiger partial charge on any atom is 0.220 e. The van der Waals surface area contributed by atoms with E-state index in [-0.39, 0.29) is 23.1 Å². The number of rotatable bonds is 5. The van der Waals surface area contributed by atoms with Gasteiger partial charge in [0.05, 0.1) is 12.2 Å². The topological polar surface area (TPSA) is 80.1 Å². The summed E-state index contributed by atoms with van der Waals surface area (Å²) in [7, 11) is 0. The predicted octanol–water partition coefficient (Wildman–Crippen LogP) is 2.32. The Morgan fingerprint density at radius 3 is 2.78 bits per heavy atom. The van der Waals surface area contributed by atoms with Crippen LogP contribution in [-0.4, -0.2) is 51.1 Å². The Balaban J connectivity index is 1.72. The molecule has 0 unspecified atom stereocenters. The van der Waals surface area contributed by atoms with Gasteiger partial charge in [0.2, 0.25) is 11.8 Å². The van der Waals surface area contributed by atoms with Gasteiger partial charge in [-0.05, 0) is 24.0 Å². The van der Waals surface area contributed by atoms with Crippen LogP contribution in [0.15, 0.2) is 18.3 Å². The third-order valence-electron chi connectivity index (χ3n) is 4.89. The highest BCUT2D eigenvalue weighted by atomic mass is 16.2. The van der Waals surface area contributed by atoms with Crippen molar-refractivity contribution in [1.82, 2.24) is 25.0 Å². The van der Waals surface area contributed by atoms with Crippen molar-refractivity contribution in [2.24, 2.45) is 5.41 Å². The van der Waals surface area contributed by atoms with Crippen molar-refractivity contribution in [2.45, 2.75) is 53.0 Å². The molecule has 1 N–H and O–H groups in total. The van der Waals surface area contributed by atoms with E-state index in [2.05, 4.69) is 31.1 Å². The highest BCUT2D eigenvalue weighted by Crippen LogP contribution is 2.31. The van der Waals surface area contributed by atoms with E-state index in [4.69, 9.17) is 5.10 Å². The number of fused-ring (bicyclic) bond motifs is 1. The van der Waals surface area contributed by atoms with E-state index in [1.807, 2.05) is 21.7 Å². The third kappa shape index (κ3) is 4.64. The molecule has 0 aliphatic carbocycles. The van der Waals surface area contributed by atoms with Crippen LogP contribution in [-0.2, 0) is 16.1 Å². The Morgan fingerprint density at radius 1 is 1.33 bits per heavy atom. The second-order valence-electron chi connectivity index (χ2n) is 8.52. The van der Waals surface area contributed by atoms with Crippen LogP contribution < -0.4 is 5.32 Å². The molecule has 7 nitrogen and oxygen atoms in total. The van der Waals surface area contributed by atoms with Gasteiger partial charge in [0.1, 0.15) is 0 Å². The van der Waals surface area contributed by atoms with E-state index in [0.717, 1.165) is 29.7 Å². The van der Waals surface area contributed by atoms with E-state index in [9.17, 15) is 9.59 Å². The van der Waals surface area contributed by atoms with Gasteiger partial charge in [0, 0.05) is 50.5 Å². The molecule has 27 heavy (non-hydrogen) atoms. The minimum Gasteiger partial charge on any atom is -0.354 e. The van der Waals surface area contributed by atoms with Crippen LogP contribution in [0.2, 0.25) is 0 Å². The first-order chi connectivity index (χ1) is 12.7. The molecule has 1 aliphatic rings. The number of nitrogens with one attached hydrogen (secondary N) is 1. The van der Waals surface area contributed by atoms with Crippen molar-refractivity contribution in [1.29, 1.82) is 0 Å². The van der Waals surface area contributed by atoms with Gasteiger partial charge in [-0.1, -0.05) is 20.8 Å². The second-order valence-corrected chi connectivity index (χ2v) is 8.52. The molecule has 3 rings (SSSR count). The lowest BCUT2D eigenvalue weighted by Crippen LogP contribution is -2.30. The predicted molar refractivity (Wildman–Crippen MR) is 104 cm³/mol. The number of amides is 2. The molecule has 0 saturated carbocycles. The standard InChI is InChI=1S/C20H29N5O2/c1-14(26)24-10-7-15(13-24)18-16-6-5-8-22-19(16)25(23-18)11-9-21-17(27)12-20(2,3)4/h5-6,8,15H,7,9-13H2,1-4H3,(H,21,27)/t15-/m0/s1. The summed E-state index contributed by atoms with van der Waals surface area (Å²) in [6, 6.07) is 3.95. The number of aromatic nitrogens is 3. The highest BCUT2D eigenvalue weighted by Gasteiger charge is 2.29. The lowest BCUT2D eigenvalue weighted by Gasteiger charge is -2.17. The van der Waals surface area contributed by atoms with Gasteiger partial charge >= 0.3 is 0 Å². The smallest absolute Gasteiger partial charge is 0.220 e. The minimum atomic E-state index is -0.0255. The number of nitrogens with zero attached hydrogens (tertiary/aromatic N) is 4. The van der Waals surface area contributed by atoms with Gasteiger partial charge in [0.25, 0.3) is 0 Å². The summed E-state index contributed by atoms with van der Waals surface area (Å²) < 4.78 is 1.87. The molecule has 1 aliphatic heterocycles. The van der Waals surface area contributed by atoms with Crippen molar-refractivity contribution in [3.8, 4) is 0 Å². The Bertz CT molecular complexity index is 836. The summed E-state index contributed by atoms with van der Waals surface area (Å²) in [6.45, 7) is 10.3. The lowest BCUT2D eigenvalue weighted by molar-refractivity contribution is -0.127. The maximum absolute atomic E-state index is 12.0. The largest absolute Gasteiger partial charge is 0.354 e. The Morgan fingerprint density at radius 2 is 2.11 bits per heavy atom. The average Bonchev–Trinajstić information content (AvgIpc) is 3.18. The molecule has 1 atom stereocenters. The van der Waals surface area contributed by atoms with Gasteiger partial charge in [-0.25, -0.2) is 9.67 Å². The SMILES string of the molecule is CC(=O)N1CC[C@H](c2nn(CCNC(=O)CC(C)(C)C)c3ncccc23)C1. The maximum atomic E-state index is 12.0. The van der Waals surface area contributed by atoms with Crippen molar-refractivity contribution in [2.75, 3.05) is 19.6 Å². The molecule has 0 aromatic carbocycles. The second kappa shape index (κ2) is 7.66. The summed E-state index contributed by atoms with van der Waals surface area (Å²) in [4.78, 5) is 30.0. The molecule has 0 radical (unpaired) electrons. The highest BCUT2D eigenvalue weighted by molar-refractivity contribution is 5.79. The van der Waals surface area contributed by atoms with Gasteiger partial charge in [-0.2, -0.15) is 5.10 Å². The van der Waals surface area contributed by atoms with Crippen LogP contribution in [0.3, 0.4) is 0 Å². The number of pyridine rings is 1. The van der Waals surface area contributed by atoms with E-state index >= 15 is 0 Å².